The van der Waals surface area contributed by atoms with Crippen LogP contribution in [0.25, 0.3) is 5.82 Å². The third-order valence-electron chi connectivity index (χ3n) is 6.17. The summed E-state index contributed by atoms with van der Waals surface area (Å²) < 4.78 is 1.58. The first-order valence-corrected chi connectivity index (χ1v) is 10.8. The van der Waals surface area contributed by atoms with Crippen LogP contribution in [0.1, 0.15) is 12.8 Å². The Morgan fingerprint density at radius 3 is 2.16 bits per heavy atom. The number of piperidine rings is 1. The Bertz CT molecular complexity index is 976. The highest BCUT2D eigenvalue weighted by atomic mass is 16.2. The zero-order chi connectivity index (χ0) is 21.0. The van der Waals surface area contributed by atoms with Gasteiger partial charge in [0.05, 0.1) is 0 Å². The number of anilines is 2. The van der Waals surface area contributed by atoms with Crippen molar-refractivity contribution in [2.75, 3.05) is 49.1 Å². The van der Waals surface area contributed by atoms with E-state index in [4.69, 9.17) is 0 Å². The predicted molar refractivity (Wildman–Crippen MR) is 117 cm³/mol. The lowest BCUT2D eigenvalue weighted by atomic mass is 9.95. The van der Waals surface area contributed by atoms with Crippen LogP contribution in [0.4, 0.5) is 11.5 Å². The zero-order valence-corrected chi connectivity index (χ0v) is 17.4. The summed E-state index contributed by atoms with van der Waals surface area (Å²) in [7, 11) is 0. The van der Waals surface area contributed by atoms with Crippen molar-refractivity contribution in [2.45, 2.75) is 12.8 Å². The van der Waals surface area contributed by atoms with Crippen molar-refractivity contribution in [1.29, 1.82) is 0 Å². The van der Waals surface area contributed by atoms with Crippen LogP contribution in [0.5, 0.6) is 0 Å². The largest absolute Gasteiger partial charge is 0.368 e. The van der Waals surface area contributed by atoms with Crippen LogP contribution in [-0.4, -0.2) is 75.0 Å². The Labute approximate surface area is 181 Å². The van der Waals surface area contributed by atoms with Gasteiger partial charge in [-0.1, -0.05) is 18.2 Å². The molecule has 9 heteroatoms. The molecule has 1 amide bonds. The van der Waals surface area contributed by atoms with Crippen LogP contribution in [0.3, 0.4) is 0 Å². The lowest BCUT2D eigenvalue weighted by Gasteiger charge is -2.39. The highest BCUT2D eigenvalue weighted by Gasteiger charge is 2.31. The van der Waals surface area contributed by atoms with E-state index in [9.17, 15) is 4.79 Å². The maximum absolute atomic E-state index is 13.1. The van der Waals surface area contributed by atoms with Gasteiger partial charge in [0.15, 0.2) is 11.6 Å². The third-order valence-corrected chi connectivity index (χ3v) is 6.17. The molecule has 0 aliphatic carbocycles. The van der Waals surface area contributed by atoms with E-state index in [2.05, 4.69) is 54.3 Å². The molecular formula is C22H26N8O. The Morgan fingerprint density at radius 1 is 0.806 bits per heavy atom. The number of hydrogen-bond donors (Lipinski definition) is 0. The SMILES string of the molecule is O=C(C1CCN(c2ccc(-n3cncn3)nn2)CC1)N1CCN(c2ccccc2)CC1. The van der Waals surface area contributed by atoms with Gasteiger partial charge >= 0.3 is 0 Å². The topological polar surface area (TPSA) is 83.3 Å². The van der Waals surface area contributed by atoms with Gasteiger partial charge in [0.2, 0.25) is 5.91 Å². The smallest absolute Gasteiger partial charge is 0.225 e. The van der Waals surface area contributed by atoms with Gasteiger partial charge in [0.1, 0.15) is 12.7 Å². The fraction of sp³-hybridized carbons (Fsp3) is 0.409. The minimum absolute atomic E-state index is 0.0990. The van der Waals surface area contributed by atoms with E-state index < -0.39 is 0 Å². The molecule has 0 unspecified atom stereocenters. The van der Waals surface area contributed by atoms with Gasteiger partial charge < -0.3 is 14.7 Å². The minimum Gasteiger partial charge on any atom is -0.368 e. The molecule has 0 spiro atoms. The maximum Gasteiger partial charge on any atom is 0.225 e. The molecule has 1 aromatic carbocycles. The standard InChI is InChI=1S/C22H26N8O/c31-22(29-14-12-27(13-15-29)19-4-2-1-3-5-19)18-8-10-28(11-9-18)20-6-7-21(26-25-20)30-17-23-16-24-30/h1-7,16-18H,8-15H2. The number of para-hydroxylation sites is 1. The summed E-state index contributed by atoms with van der Waals surface area (Å²) >= 11 is 0. The van der Waals surface area contributed by atoms with Crippen LogP contribution in [0.15, 0.2) is 55.1 Å². The summed E-state index contributed by atoms with van der Waals surface area (Å²) in [5.41, 5.74) is 1.24. The summed E-state index contributed by atoms with van der Waals surface area (Å²) in [6, 6.07) is 14.3. The van der Waals surface area contributed by atoms with Crippen LogP contribution in [0.2, 0.25) is 0 Å². The van der Waals surface area contributed by atoms with E-state index in [0.717, 1.165) is 57.9 Å². The van der Waals surface area contributed by atoms with Gasteiger partial charge in [-0.15, -0.1) is 10.2 Å². The molecule has 2 saturated heterocycles. The van der Waals surface area contributed by atoms with Gasteiger partial charge in [0, 0.05) is 50.9 Å². The number of carbonyl (C=O) groups excluding carboxylic acids is 1. The molecule has 0 radical (unpaired) electrons. The Morgan fingerprint density at radius 2 is 1.52 bits per heavy atom. The number of aromatic nitrogens is 5. The van der Waals surface area contributed by atoms with Gasteiger partial charge in [-0.2, -0.15) is 5.10 Å². The molecule has 0 atom stereocenters. The highest BCUT2D eigenvalue weighted by molar-refractivity contribution is 5.79. The number of rotatable bonds is 4. The fourth-order valence-corrected chi connectivity index (χ4v) is 4.37. The number of carbonyl (C=O) groups is 1. The first-order valence-electron chi connectivity index (χ1n) is 10.8. The normalized spacial score (nSPS) is 17.7. The van der Waals surface area contributed by atoms with Crippen LogP contribution in [0, 0.1) is 5.92 Å². The first kappa shape index (κ1) is 19.5. The number of benzene rings is 1. The van der Waals surface area contributed by atoms with Crippen molar-refractivity contribution in [1.82, 2.24) is 29.9 Å². The summed E-state index contributed by atoms with van der Waals surface area (Å²) in [5, 5.41) is 12.7. The molecule has 0 saturated carbocycles. The molecule has 0 N–H and O–H groups in total. The Kier molecular flexibility index (Phi) is 5.47. The van der Waals surface area contributed by atoms with E-state index in [0.29, 0.717) is 11.7 Å². The van der Waals surface area contributed by atoms with Crippen molar-refractivity contribution < 1.29 is 4.79 Å². The average molecular weight is 419 g/mol. The van der Waals surface area contributed by atoms with Crippen molar-refractivity contribution >= 4 is 17.4 Å². The van der Waals surface area contributed by atoms with Crippen molar-refractivity contribution in [3.05, 3.63) is 55.1 Å². The second kappa shape index (κ2) is 8.71. The van der Waals surface area contributed by atoms with Crippen LogP contribution >= 0.6 is 0 Å². The lowest BCUT2D eigenvalue weighted by molar-refractivity contribution is -0.136. The third kappa shape index (κ3) is 4.21. The minimum atomic E-state index is 0.0990. The lowest BCUT2D eigenvalue weighted by Crippen LogP contribution is -2.51. The quantitative estimate of drug-likeness (QED) is 0.637. The Hall–Kier alpha value is -3.49. The number of piperazine rings is 1. The first-order chi connectivity index (χ1) is 15.3. The fourth-order valence-electron chi connectivity index (χ4n) is 4.37. The van der Waals surface area contributed by atoms with Crippen LogP contribution < -0.4 is 9.80 Å². The van der Waals surface area contributed by atoms with Gasteiger partial charge in [0.25, 0.3) is 0 Å². The van der Waals surface area contributed by atoms with Gasteiger partial charge in [-0.25, -0.2) is 9.67 Å². The molecule has 3 aromatic rings. The van der Waals surface area contributed by atoms with Gasteiger partial charge in [-0.3, -0.25) is 4.79 Å². The molecule has 2 aliphatic rings. The number of amides is 1. The molecule has 2 aliphatic heterocycles. The summed E-state index contributed by atoms with van der Waals surface area (Å²) in [6.07, 6.45) is 4.77. The molecule has 31 heavy (non-hydrogen) atoms. The average Bonchev–Trinajstić information content (AvgIpc) is 3.40. The zero-order valence-electron chi connectivity index (χ0n) is 17.4. The summed E-state index contributed by atoms with van der Waals surface area (Å²) in [4.78, 5) is 23.6. The van der Waals surface area contributed by atoms with Crippen LogP contribution in [-0.2, 0) is 4.79 Å². The van der Waals surface area contributed by atoms with Crippen molar-refractivity contribution in [2.24, 2.45) is 5.92 Å². The monoisotopic (exact) mass is 418 g/mol. The van der Waals surface area contributed by atoms with Crippen molar-refractivity contribution in [3.63, 3.8) is 0 Å². The number of hydrogen-bond acceptors (Lipinski definition) is 7. The highest BCUT2D eigenvalue weighted by Crippen LogP contribution is 2.24. The van der Waals surface area contributed by atoms with E-state index in [1.165, 1.54) is 12.0 Å². The Balaban J connectivity index is 1.12. The summed E-state index contributed by atoms with van der Waals surface area (Å²) in [6.45, 7) is 5.01. The summed E-state index contributed by atoms with van der Waals surface area (Å²) in [5.74, 6) is 1.88. The molecule has 2 aromatic heterocycles. The predicted octanol–water partition coefficient (Wildman–Crippen LogP) is 1.62. The number of nitrogens with zero attached hydrogens (tertiary/aromatic N) is 8. The molecule has 5 rings (SSSR count). The molecule has 0 bridgehead atoms. The van der Waals surface area contributed by atoms with E-state index in [-0.39, 0.29) is 5.92 Å². The van der Waals surface area contributed by atoms with Crippen molar-refractivity contribution in [3.8, 4) is 5.82 Å². The van der Waals surface area contributed by atoms with E-state index in [1.807, 2.05) is 23.1 Å². The van der Waals surface area contributed by atoms with E-state index in [1.54, 1.807) is 11.0 Å². The molecule has 4 heterocycles. The molecule has 160 valence electrons. The second-order valence-corrected chi connectivity index (χ2v) is 8.00. The molecule has 9 nitrogen and oxygen atoms in total. The molecule has 2 fully saturated rings. The maximum atomic E-state index is 13.1. The molecular weight excluding hydrogens is 392 g/mol. The van der Waals surface area contributed by atoms with E-state index >= 15 is 0 Å². The second-order valence-electron chi connectivity index (χ2n) is 8.00. The van der Waals surface area contributed by atoms with Gasteiger partial charge in [-0.05, 0) is 37.1 Å².